The molecular weight excluding hydrogens is 200 g/mol. The van der Waals surface area contributed by atoms with E-state index in [0.29, 0.717) is 0 Å². The second-order valence-corrected chi connectivity index (χ2v) is 3.94. The highest BCUT2D eigenvalue weighted by Gasteiger charge is 2.22. The van der Waals surface area contributed by atoms with Gasteiger partial charge in [0.2, 0.25) is 0 Å². The number of carbonyl (C=O) groups excluding carboxylic acids is 2. The van der Waals surface area contributed by atoms with Crippen LogP contribution in [0.1, 0.15) is 20.8 Å². The van der Waals surface area contributed by atoms with Crippen molar-refractivity contribution < 1.29 is 23.8 Å². The van der Waals surface area contributed by atoms with Gasteiger partial charge in [-0.3, -0.25) is 4.79 Å². The second kappa shape index (κ2) is 6.40. The second-order valence-electron chi connectivity index (χ2n) is 3.94. The molecule has 0 spiro atoms. The van der Waals surface area contributed by atoms with Gasteiger partial charge < -0.3 is 14.2 Å². The first-order chi connectivity index (χ1) is 6.88. The molecule has 15 heavy (non-hydrogen) atoms. The van der Waals surface area contributed by atoms with Gasteiger partial charge in [-0.05, 0) is 20.8 Å². The number of esters is 2. The summed E-state index contributed by atoms with van der Waals surface area (Å²) in [7, 11) is 1.39. The molecular formula is C10H17O5. The van der Waals surface area contributed by atoms with E-state index in [4.69, 9.17) is 4.74 Å². The molecule has 87 valence electrons. The molecule has 0 aromatic carbocycles. The summed E-state index contributed by atoms with van der Waals surface area (Å²) in [6.45, 7) is 6.19. The van der Waals surface area contributed by atoms with Crippen LogP contribution in [-0.2, 0) is 23.8 Å². The van der Waals surface area contributed by atoms with Gasteiger partial charge in [-0.1, -0.05) is 0 Å². The Balaban J connectivity index is 3.55. The van der Waals surface area contributed by atoms with Crippen molar-refractivity contribution in [3.05, 3.63) is 6.61 Å². The van der Waals surface area contributed by atoms with E-state index in [0.717, 1.165) is 6.61 Å². The molecule has 0 aliphatic carbocycles. The standard InChI is InChI=1S/C10H17O5/c1-10(2,3)9(12)15-6-5-14-8(11)7-13-4/h5H,6-7H2,1-4H3. The Morgan fingerprint density at radius 2 is 1.87 bits per heavy atom. The number of hydrogen-bond acceptors (Lipinski definition) is 5. The van der Waals surface area contributed by atoms with E-state index in [-0.39, 0.29) is 19.2 Å². The van der Waals surface area contributed by atoms with E-state index in [9.17, 15) is 9.59 Å². The van der Waals surface area contributed by atoms with Crippen LogP contribution in [0.4, 0.5) is 0 Å². The molecule has 0 aliphatic rings. The molecule has 5 heteroatoms. The van der Waals surface area contributed by atoms with E-state index in [1.54, 1.807) is 20.8 Å². The van der Waals surface area contributed by atoms with Crippen molar-refractivity contribution in [1.29, 1.82) is 0 Å². The molecule has 0 aromatic heterocycles. The molecule has 0 saturated carbocycles. The Morgan fingerprint density at radius 1 is 1.27 bits per heavy atom. The molecule has 0 N–H and O–H groups in total. The normalized spacial score (nSPS) is 10.9. The number of methoxy groups -OCH3 is 1. The Hall–Kier alpha value is -1.10. The summed E-state index contributed by atoms with van der Waals surface area (Å²) >= 11 is 0. The number of rotatable bonds is 5. The molecule has 0 unspecified atom stereocenters. The largest absolute Gasteiger partial charge is 0.461 e. The van der Waals surface area contributed by atoms with E-state index < -0.39 is 11.4 Å². The lowest BCUT2D eigenvalue weighted by atomic mass is 9.97. The van der Waals surface area contributed by atoms with Crippen LogP contribution in [0.2, 0.25) is 0 Å². The lowest BCUT2D eigenvalue weighted by Crippen LogP contribution is -2.24. The highest BCUT2D eigenvalue weighted by molar-refractivity contribution is 5.75. The molecule has 0 atom stereocenters. The quantitative estimate of drug-likeness (QED) is 0.506. The molecule has 0 rings (SSSR count). The van der Waals surface area contributed by atoms with Crippen molar-refractivity contribution in [2.24, 2.45) is 5.41 Å². The first-order valence-corrected chi connectivity index (χ1v) is 4.55. The van der Waals surface area contributed by atoms with Gasteiger partial charge in [0.05, 0.1) is 5.41 Å². The summed E-state index contributed by atoms with van der Waals surface area (Å²) in [5.41, 5.74) is -0.551. The van der Waals surface area contributed by atoms with Crippen LogP contribution in [0.5, 0.6) is 0 Å². The molecule has 0 heterocycles. The predicted molar refractivity (Wildman–Crippen MR) is 52.7 cm³/mol. The van der Waals surface area contributed by atoms with Crippen molar-refractivity contribution in [2.75, 3.05) is 20.3 Å². The van der Waals surface area contributed by atoms with Gasteiger partial charge in [0.15, 0.2) is 6.61 Å². The van der Waals surface area contributed by atoms with Gasteiger partial charge in [0, 0.05) is 7.11 Å². The molecule has 0 bridgehead atoms. The summed E-state index contributed by atoms with van der Waals surface area (Å²) in [6, 6.07) is 0. The van der Waals surface area contributed by atoms with E-state index in [2.05, 4.69) is 9.47 Å². The third-order valence-corrected chi connectivity index (χ3v) is 1.37. The average molecular weight is 217 g/mol. The lowest BCUT2D eigenvalue weighted by molar-refractivity contribution is -0.156. The van der Waals surface area contributed by atoms with Crippen molar-refractivity contribution in [2.45, 2.75) is 20.8 Å². The zero-order valence-corrected chi connectivity index (χ0v) is 9.53. The van der Waals surface area contributed by atoms with Crippen molar-refractivity contribution in [3.63, 3.8) is 0 Å². The number of carbonyl (C=O) groups is 2. The molecule has 0 fully saturated rings. The minimum Gasteiger partial charge on any atom is -0.461 e. The highest BCUT2D eigenvalue weighted by Crippen LogP contribution is 2.14. The Kier molecular flexibility index (Phi) is 5.93. The monoisotopic (exact) mass is 217 g/mol. The minimum atomic E-state index is -0.551. The fraction of sp³-hybridized carbons (Fsp3) is 0.700. The molecule has 0 amide bonds. The fourth-order valence-corrected chi connectivity index (χ4v) is 0.605. The van der Waals surface area contributed by atoms with Crippen LogP contribution in [0.25, 0.3) is 0 Å². The number of hydrogen-bond donors (Lipinski definition) is 0. The molecule has 0 saturated heterocycles. The molecule has 1 radical (unpaired) electrons. The fourth-order valence-electron chi connectivity index (χ4n) is 0.605. The highest BCUT2D eigenvalue weighted by atomic mass is 16.6. The first kappa shape index (κ1) is 13.9. The summed E-state index contributed by atoms with van der Waals surface area (Å²) in [5.74, 6) is -0.870. The van der Waals surface area contributed by atoms with E-state index in [1.807, 2.05) is 0 Å². The predicted octanol–water partition coefficient (Wildman–Crippen LogP) is 0.927. The molecule has 5 nitrogen and oxygen atoms in total. The summed E-state index contributed by atoms with van der Waals surface area (Å²) in [5, 5.41) is 0. The smallest absolute Gasteiger partial charge is 0.332 e. The van der Waals surface area contributed by atoms with Crippen LogP contribution >= 0.6 is 0 Å². The van der Waals surface area contributed by atoms with Gasteiger partial charge in [0.1, 0.15) is 13.2 Å². The first-order valence-electron chi connectivity index (χ1n) is 4.55. The van der Waals surface area contributed by atoms with Crippen molar-refractivity contribution >= 4 is 11.9 Å². The maximum absolute atomic E-state index is 11.2. The zero-order valence-electron chi connectivity index (χ0n) is 9.53. The third-order valence-electron chi connectivity index (χ3n) is 1.37. The van der Waals surface area contributed by atoms with Gasteiger partial charge in [-0.15, -0.1) is 0 Å². The van der Waals surface area contributed by atoms with Crippen LogP contribution in [0.3, 0.4) is 0 Å². The molecule has 0 aliphatic heterocycles. The third kappa shape index (κ3) is 6.90. The van der Waals surface area contributed by atoms with Crippen LogP contribution in [-0.4, -0.2) is 32.3 Å². The van der Waals surface area contributed by atoms with E-state index in [1.165, 1.54) is 7.11 Å². The van der Waals surface area contributed by atoms with Crippen molar-refractivity contribution in [3.8, 4) is 0 Å². The van der Waals surface area contributed by atoms with Crippen LogP contribution in [0, 0.1) is 12.0 Å². The lowest BCUT2D eigenvalue weighted by Gasteiger charge is -2.16. The van der Waals surface area contributed by atoms with E-state index >= 15 is 0 Å². The summed E-state index contributed by atoms with van der Waals surface area (Å²) in [6.07, 6.45) is 0. The Labute approximate surface area is 89.7 Å². The average Bonchev–Trinajstić information content (AvgIpc) is 2.11. The van der Waals surface area contributed by atoms with Crippen molar-refractivity contribution in [1.82, 2.24) is 0 Å². The molecule has 0 aromatic rings. The maximum atomic E-state index is 11.2. The Bertz CT molecular complexity index is 216. The van der Waals surface area contributed by atoms with Crippen LogP contribution in [0.15, 0.2) is 0 Å². The van der Waals surface area contributed by atoms with Gasteiger partial charge in [-0.25, -0.2) is 4.79 Å². The van der Waals surface area contributed by atoms with Gasteiger partial charge in [-0.2, -0.15) is 0 Å². The Morgan fingerprint density at radius 3 is 2.33 bits per heavy atom. The number of ether oxygens (including phenoxy) is 3. The van der Waals surface area contributed by atoms with Gasteiger partial charge in [0.25, 0.3) is 0 Å². The maximum Gasteiger partial charge on any atom is 0.332 e. The topological polar surface area (TPSA) is 61.8 Å². The zero-order chi connectivity index (χ0) is 11.9. The SMILES string of the molecule is COCC(=O)O[CH]COC(=O)C(C)(C)C. The van der Waals surface area contributed by atoms with Gasteiger partial charge >= 0.3 is 11.9 Å². The summed E-state index contributed by atoms with van der Waals surface area (Å²) in [4.78, 5) is 22.0. The summed E-state index contributed by atoms with van der Waals surface area (Å²) < 4.78 is 13.9. The van der Waals surface area contributed by atoms with Crippen LogP contribution < -0.4 is 0 Å². The minimum absolute atomic E-state index is 0.0500.